The van der Waals surface area contributed by atoms with Gasteiger partial charge in [-0.3, -0.25) is 4.99 Å². The van der Waals surface area contributed by atoms with Gasteiger partial charge in [0.15, 0.2) is 5.96 Å². The molecule has 0 saturated carbocycles. The maximum absolute atomic E-state index is 5.63. The zero-order valence-electron chi connectivity index (χ0n) is 18.5. The van der Waals surface area contributed by atoms with Gasteiger partial charge in [-0.2, -0.15) is 11.8 Å². The van der Waals surface area contributed by atoms with Crippen LogP contribution in [0, 0.1) is 6.92 Å². The Balaban J connectivity index is 0.00000289. The summed E-state index contributed by atoms with van der Waals surface area (Å²) in [6.45, 7) is 5.58. The maximum Gasteiger partial charge on any atom is 0.226 e. The van der Waals surface area contributed by atoms with Crippen LogP contribution >= 0.6 is 35.7 Å². The standard InChI is InChI=1S/C24H29N5OS.HI/c1-18-3-7-20(8-4-18)23-28-21(17-30-23)16-27-24(25-2)26-15-19-5-9-22(10-6-19)29-11-13-31-14-12-29;/h3-10,17H,11-16H2,1-2H3,(H2,25,26,27);1H. The van der Waals surface area contributed by atoms with Gasteiger partial charge in [-0.25, -0.2) is 4.98 Å². The molecule has 1 aliphatic heterocycles. The summed E-state index contributed by atoms with van der Waals surface area (Å²) in [6, 6.07) is 17.0. The Hall–Kier alpha value is -2.20. The first-order valence-corrected chi connectivity index (χ1v) is 11.7. The normalized spacial score (nSPS) is 14.1. The van der Waals surface area contributed by atoms with Crippen molar-refractivity contribution in [2.75, 3.05) is 36.5 Å². The first kappa shape index (κ1) is 24.4. The number of hydrogen-bond acceptors (Lipinski definition) is 5. The van der Waals surface area contributed by atoms with Gasteiger partial charge in [-0.1, -0.05) is 29.8 Å². The number of anilines is 1. The average molecular weight is 564 g/mol. The van der Waals surface area contributed by atoms with Gasteiger partial charge in [0.1, 0.15) is 6.26 Å². The third-order valence-corrected chi connectivity index (χ3v) is 6.23. The summed E-state index contributed by atoms with van der Waals surface area (Å²) in [4.78, 5) is 11.3. The van der Waals surface area contributed by atoms with E-state index in [4.69, 9.17) is 4.42 Å². The molecular formula is C24H30IN5OS. The van der Waals surface area contributed by atoms with Crippen LogP contribution in [-0.2, 0) is 13.1 Å². The predicted molar refractivity (Wildman–Crippen MR) is 145 cm³/mol. The number of benzene rings is 2. The van der Waals surface area contributed by atoms with Gasteiger partial charge in [-0.15, -0.1) is 24.0 Å². The SMILES string of the molecule is CN=C(NCc1ccc(N2CCSCC2)cc1)NCc1coc(-c2ccc(C)cc2)n1.I. The Bertz CT molecular complexity index is 998. The molecule has 8 heteroatoms. The van der Waals surface area contributed by atoms with Gasteiger partial charge in [0.25, 0.3) is 0 Å². The highest BCUT2D eigenvalue weighted by Gasteiger charge is 2.11. The highest BCUT2D eigenvalue weighted by molar-refractivity contribution is 14.0. The zero-order chi connectivity index (χ0) is 21.5. The van der Waals surface area contributed by atoms with Crippen molar-refractivity contribution in [2.24, 2.45) is 4.99 Å². The van der Waals surface area contributed by atoms with Gasteiger partial charge in [-0.05, 0) is 36.8 Å². The van der Waals surface area contributed by atoms with Crippen molar-refractivity contribution < 1.29 is 4.42 Å². The fourth-order valence-electron chi connectivity index (χ4n) is 3.44. The molecule has 2 aromatic carbocycles. The van der Waals surface area contributed by atoms with E-state index in [0.29, 0.717) is 19.0 Å². The van der Waals surface area contributed by atoms with Crippen molar-refractivity contribution in [3.05, 3.63) is 71.6 Å². The lowest BCUT2D eigenvalue weighted by Gasteiger charge is -2.28. The van der Waals surface area contributed by atoms with E-state index in [1.807, 2.05) is 23.9 Å². The molecule has 32 heavy (non-hydrogen) atoms. The molecule has 2 heterocycles. The van der Waals surface area contributed by atoms with Crippen LogP contribution in [0.4, 0.5) is 5.69 Å². The second-order valence-electron chi connectivity index (χ2n) is 7.56. The lowest BCUT2D eigenvalue weighted by Crippen LogP contribution is -2.36. The van der Waals surface area contributed by atoms with Gasteiger partial charge in [0, 0.05) is 49.4 Å². The molecule has 0 spiro atoms. The lowest BCUT2D eigenvalue weighted by molar-refractivity contribution is 0.572. The summed E-state index contributed by atoms with van der Waals surface area (Å²) in [7, 11) is 1.77. The lowest BCUT2D eigenvalue weighted by atomic mass is 10.1. The highest BCUT2D eigenvalue weighted by atomic mass is 127. The van der Waals surface area contributed by atoms with Crippen molar-refractivity contribution in [3.63, 3.8) is 0 Å². The number of thioether (sulfide) groups is 1. The van der Waals surface area contributed by atoms with E-state index < -0.39 is 0 Å². The first-order chi connectivity index (χ1) is 15.2. The van der Waals surface area contributed by atoms with Crippen molar-refractivity contribution in [1.82, 2.24) is 15.6 Å². The Morgan fingerprint density at radius 3 is 2.41 bits per heavy atom. The predicted octanol–water partition coefficient (Wildman–Crippen LogP) is 4.69. The van der Waals surface area contributed by atoms with Crippen LogP contribution in [-0.4, -0.2) is 42.6 Å². The van der Waals surface area contributed by atoms with E-state index in [2.05, 4.69) is 68.8 Å². The van der Waals surface area contributed by atoms with E-state index in [1.54, 1.807) is 13.3 Å². The Morgan fingerprint density at radius 1 is 1.03 bits per heavy atom. The summed E-state index contributed by atoms with van der Waals surface area (Å²) in [5, 5.41) is 6.66. The Morgan fingerprint density at radius 2 is 1.72 bits per heavy atom. The largest absolute Gasteiger partial charge is 0.444 e. The molecule has 4 rings (SSSR count). The maximum atomic E-state index is 5.63. The molecule has 0 unspecified atom stereocenters. The molecule has 0 atom stereocenters. The molecule has 6 nitrogen and oxygen atoms in total. The van der Waals surface area contributed by atoms with E-state index in [0.717, 1.165) is 30.3 Å². The topological polar surface area (TPSA) is 65.7 Å². The molecule has 1 aliphatic rings. The molecule has 0 amide bonds. The van der Waals surface area contributed by atoms with E-state index in [9.17, 15) is 0 Å². The van der Waals surface area contributed by atoms with Crippen molar-refractivity contribution >= 4 is 47.4 Å². The van der Waals surface area contributed by atoms with Crippen LogP contribution in [0.25, 0.3) is 11.5 Å². The van der Waals surface area contributed by atoms with E-state index >= 15 is 0 Å². The quantitative estimate of drug-likeness (QED) is 0.258. The monoisotopic (exact) mass is 563 g/mol. The van der Waals surface area contributed by atoms with Crippen LogP contribution in [0.3, 0.4) is 0 Å². The molecule has 1 aromatic heterocycles. The first-order valence-electron chi connectivity index (χ1n) is 10.6. The minimum Gasteiger partial charge on any atom is -0.444 e. The number of nitrogens with zero attached hydrogens (tertiary/aromatic N) is 3. The molecule has 3 aromatic rings. The van der Waals surface area contributed by atoms with Crippen molar-refractivity contribution in [2.45, 2.75) is 20.0 Å². The Kier molecular flexibility index (Phi) is 9.28. The van der Waals surface area contributed by atoms with Crippen molar-refractivity contribution in [1.29, 1.82) is 0 Å². The third-order valence-electron chi connectivity index (χ3n) is 5.28. The minimum atomic E-state index is 0. The van der Waals surface area contributed by atoms with Crippen LogP contribution in [0.5, 0.6) is 0 Å². The summed E-state index contributed by atoms with van der Waals surface area (Å²) in [5.74, 6) is 3.79. The number of nitrogens with one attached hydrogen (secondary N) is 2. The van der Waals surface area contributed by atoms with Gasteiger partial charge >= 0.3 is 0 Å². The molecule has 0 bridgehead atoms. The minimum absolute atomic E-state index is 0. The summed E-state index contributed by atoms with van der Waals surface area (Å²) in [5.41, 5.74) is 5.56. The molecule has 1 saturated heterocycles. The van der Waals surface area contributed by atoms with Gasteiger partial charge in [0.2, 0.25) is 5.89 Å². The smallest absolute Gasteiger partial charge is 0.226 e. The zero-order valence-corrected chi connectivity index (χ0v) is 21.7. The fourth-order valence-corrected chi connectivity index (χ4v) is 4.35. The number of halogens is 1. The van der Waals surface area contributed by atoms with Crippen LogP contribution in [0.15, 0.2) is 64.2 Å². The third kappa shape index (κ3) is 6.65. The number of guanidine groups is 1. The number of aliphatic imine (C=N–C) groups is 1. The average Bonchev–Trinajstić information content (AvgIpc) is 3.30. The number of hydrogen-bond donors (Lipinski definition) is 2. The summed E-state index contributed by atoms with van der Waals surface area (Å²) in [6.07, 6.45) is 1.69. The highest BCUT2D eigenvalue weighted by Crippen LogP contribution is 2.20. The summed E-state index contributed by atoms with van der Waals surface area (Å²) < 4.78 is 5.63. The number of oxazole rings is 1. The molecule has 0 aliphatic carbocycles. The number of rotatable bonds is 6. The van der Waals surface area contributed by atoms with Gasteiger partial charge < -0.3 is 20.0 Å². The number of aryl methyl sites for hydroxylation is 1. The molecule has 170 valence electrons. The number of aromatic nitrogens is 1. The molecule has 2 N–H and O–H groups in total. The van der Waals surface area contributed by atoms with Crippen LogP contribution in [0.2, 0.25) is 0 Å². The molecule has 0 radical (unpaired) electrons. The second kappa shape index (κ2) is 12.2. The molecular weight excluding hydrogens is 533 g/mol. The summed E-state index contributed by atoms with van der Waals surface area (Å²) >= 11 is 2.03. The second-order valence-corrected chi connectivity index (χ2v) is 8.78. The Labute approximate surface area is 211 Å². The van der Waals surface area contributed by atoms with Crippen LogP contribution < -0.4 is 15.5 Å². The van der Waals surface area contributed by atoms with Gasteiger partial charge in [0.05, 0.1) is 12.2 Å². The van der Waals surface area contributed by atoms with Crippen molar-refractivity contribution in [3.8, 4) is 11.5 Å². The fraction of sp³-hybridized carbons (Fsp3) is 0.333. The van der Waals surface area contributed by atoms with E-state index in [1.165, 1.54) is 28.3 Å². The van der Waals surface area contributed by atoms with E-state index in [-0.39, 0.29) is 24.0 Å². The van der Waals surface area contributed by atoms with Crippen LogP contribution in [0.1, 0.15) is 16.8 Å². The molecule has 1 fully saturated rings.